The number of ketones is 1. The predicted molar refractivity (Wildman–Crippen MR) is 104 cm³/mol. The molecule has 1 aromatic carbocycles. The van der Waals surface area contributed by atoms with Crippen LogP contribution in [0.25, 0.3) is 0 Å². The van der Waals surface area contributed by atoms with E-state index in [4.69, 9.17) is 4.74 Å². The van der Waals surface area contributed by atoms with Gasteiger partial charge in [0, 0.05) is 36.1 Å². The van der Waals surface area contributed by atoms with E-state index in [0.717, 1.165) is 48.9 Å². The maximum absolute atomic E-state index is 12.8. The summed E-state index contributed by atoms with van der Waals surface area (Å²) in [5, 5.41) is 3.37. The Morgan fingerprint density at radius 1 is 1.19 bits per heavy atom. The van der Waals surface area contributed by atoms with Crippen molar-refractivity contribution in [1.29, 1.82) is 0 Å². The average Bonchev–Trinajstić information content (AvgIpc) is 3.45. The predicted octanol–water partition coefficient (Wildman–Crippen LogP) is 3.57. The Labute approximate surface area is 154 Å². The van der Waals surface area contributed by atoms with E-state index in [1.807, 2.05) is 24.3 Å². The maximum atomic E-state index is 12.8. The van der Waals surface area contributed by atoms with Gasteiger partial charge in [-0.15, -0.1) is 0 Å². The van der Waals surface area contributed by atoms with E-state index in [2.05, 4.69) is 34.7 Å². The first-order valence-corrected chi connectivity index (χ1v) is 9.52. The highest BCUT2D eigenvalue weighted by molar-refractivity contribution is 6.00. The summed E-state index contributed by atoms with van der Waals surface area (Å²) >= 11 is 0. The second kappa shape index (κ2) is 7.16. The van der Waals surface area contributed by atoms with Gasteiger partial charge in [-0.3, -0.25) is 4.79 Å². The first kappa shape index (κ1) is 17.2. The summed E-state index contributed by atoms with van der Waals surface area (Å²) in [5.41, 5.74) is 5.32. The Morgan fingerprint density at radius 3 is 2.65 bits per heavy atom. The highest BCUT2D eigenvalue weighted by Gasteiger charge is 2.28. The number of carbonyl (C=O) groups is 1. The lowest BCUT2D eigenvalue weighted by molar-refractivity contribution is 0.101. The lowest BCUT2D eigenvalue weighted by Gasteiger charge is -2.30. The zero-order valence-corrected chi connectivity index (χ0v) is 15.6. The summed E-state index contributed by atoms with van der Waals surface area (Å²) in [7, 11) is 0. The van der Waals surface area contributed by atoms with Crippen LogP contribution in [0.5, 0.6) is 0 Å². The van der Waals surface area contributed by atoms with Gasteiger partial charge in [-0.05, 0) is 44.9 Å². The maximum Gasteiger partial charge on any atom is 0.183 e. The minimum absolute atomic E-state index is 0.154. The van der Waals surface area contributed by atoms with Gasteiger partial charge in [-0.2, -0.15) is 0 Å². The number of ether oxygens (including phenoxy) is 1. The molecule has 5 nitrogen and oxygen atoms in total. The number of carbonyl (C=O) groups excluding carboxylic acids is 1. The molecule has 0 unspecified atom stereocenters. The van der Waals surface area contributed by atoms with E-state index in [-0.39, 0.29) is 5.78 Å². The van der Waals surface area contributed by atoms with Gasteiger partial charge < -0.3 is 19.5 Å². The molecule has 2 fully saturated rings. The van der Waals surface area contributed by atoms with E-state index in [1.165, 1.54) is 18.5 Å². The molecule has 2 aromatic rings. The van der Waals surface area contributed by atoms with Crippen molar-refractivity contribution in [2.75, 3.05) is 43.1 Å². The van der Waals surface area contributed by atoms with Crippen molar-refractivity contribution in [2.45, 2.75) is 32.7 Å². The Hall–Kier alpha value is -2.27. The Morgan fingerprint density at radius 2 is 1.92 bits per heavy atom. The first-order valence-electron chi connectivity index (χ1n) is 9.52. The molecule has 0 bridgehead atoms. The van der Waals surface area contributed by atoms with Crippen LogP contribution in [0.15, 0.2) is 30.3 Å². The highest BCUT2D eigenvalue weighted by atomic mass is 16.5. The number of rotatable bonds is 6. The van der Waals surface area contributed by atoms with Crippen LogP contribution in [-0.4, -0.2) is 43.2 Å². The van der Waals surface area contributed by atoms with Crippen LogP contribution in [0.4, 0.5) is 11.4 Å². The second-order valence-corrected chi connectivity index (χ2v) is 7.28. The molecule has 138 valence electrons. The molecular weight excluding hydrogens is 326 g/mol. The largest absolute Gasteiger partial charge is 0.378 e. The van der Waals surface area contributed by atoms with Crippen molar-refractivity contribution >= 4 is 17.2 Å². The molecule has 1 aromatic heterocycles. The van der Waals surface area contributed by atoms with Gasteiger partial charge in [0.15, 0.2) is 5.78 Å². The molecule has 2 heterocycles. The van der Waals surface area contributed by atoms with E-state index in [1.54, 1.807) is 0 Å². The normalized spacial score (nSPS) is 17.4. The van der Waals surface area contributed by atoms with Gasteiger partial charge >= 0.3 is 0 Å². The fourth-order valence-electron chi connectivity index (χ4n) is 3.93. The third kappa shape index (κ3) is 3.36. The van der Waals surface area contributed by atoms with Gasteiger partial charge in [-0.1, -0.05) is 12.1 Å². The molecule has 0 spiro atoms. The molecule has 1 saturated heterocycles. The number of Topliss-reactive ketones (excluding diaryl/α,β-unsaturated/α-hetero) is 1. The number of anilines is 2. The number of nitrogens with zero attached hydrogens (tertiary/aromatic N) is 2. The zero-order chi connectivity index (χ0) is 18.1. The van der Waals surface area contributed by atoms with Crippen LogP contribution < -0.4 is 10.2 Å². The SMILES string of the molecule is Cc1cc(C(=O)CNc2ccccc2N2CCOCC2)c(C)n1C1CC1. The van der Waals surface area contributed by atoms with E-state index in [9.17, 15) is 4.79 Å². The standard InChI is InChI=1S/C21H27N3O2/c1-15-13-18(16(2)24(15)17-7-8-17)21(25)14-22-19-5-3-4-6-20(19)23-9-11-26-12-10-23/h3-6,13,17,22H,7-12,14H2,1-2H3. The van der Waals surface area contributed by atoms with Gasteiger partial charge in [-0.25, -0.2) is 0 Å². The van der Waals surface area contributed by atoms with Crippen LogP contribution >= 0.6 is 0 Å². The minimum atomic E-state index is 0.154. The molecule has 2 aliphatic rings. The third-order valence-electron chi connectivity index (χ3n) is 5.39. The summed E-state index contributed by atoms with van der Waals surface area (Å²) in [6, 6.07) is 10.9. The Balaban J connectivity index is 1.48. The fourth-order valence-corrected chi connectivity index (χ4v) is 3.93. The average molecular weight is 353 g/mol. The molecule has 0 atom stereocenters. The summed E-state index contributed by atoms with van der Waals surface area (Å²) in [5.74, 6) is 0.154. The van der Waals surface area contributed by atoms with Crippen LogP contribution in [0.3, 0.4) is 0 Å². The molecule has 1 saturated carbocycles. The van der Waals surface area contributed by atoms with Gasteiger partial charge in [0.2, 0.25) is 0 Å². The molecule has 26 heavy (non-hydrogen) atoms. The van der Waals surface area contributed by atoms with E-state index < -0.39 is 0 Å². The van der Waals surface area contributed by atoms with Crippen molar-refractivity contribution < 1.29 is 9.53 Å². The van der Waals surface area contributed by atoms with Crippen molar-refractivity contribution in [3.05, 3.63) is 47.3 Å². The number of aryl methyl sites for hydroxylation is 1. The van der Waals surface area contributed by atoms with Crippen LogP contribution in [-0.2, 0) is 4.74 Å². The second-order valence-electron chi connectivity index (χ2n) is 7.28. The van der Waals surface area contributed by atoms with Crippen LogP contribution in [0.2, 0.25) is 0 Å². The van der Waals surface area contributed by atoms with E-state index in [0.29, 0.717) is 12.6 Å². The number of aromatic nitrogens is 1. The number of hydrogen-bond donors (Lipinski definition) is 1. The number of nitrogens with one attached hydrogen (secondary N) is 1. The quantitative estimate of drug-likeness (QED) is 0.807. The fraction of sp³-hybridized carbons (Fsp3) is 0.476. The van der Waals surface area contributed by atoms with Gasteiger partial charge in [0.1, 0.15) is 0 Å². The molecule has 4 rings (SSSR count). The summed E-state index contributed by atoms with van der Waals surface area (Å²) < 4.78 is 7.78. The first-order chi connectivity index (χ1) is 12.6. The summed E-state index contributed by atoms with van der Waals surface area (Å²) in [6.07, 6.45) is 2.46. The summed E-state index contributed by atoms with van der Waals surface area (Å²) in [4.78, 5) is 15.1. The summed E-state index contributed by atoms with van der Waals surface area (Å²) in [6.45, 7) is 7.75. The van der Waals surface area contributed by atoms with Gasteiger partial charge in [0.05, 0.1) is 31.1 Å². The Kier molecular flexibility index (Phi) is 4.72. The van der Waals surface area contributed by atoms with Gasteiger partial charge in [0.25, 0.3) is 0 Å². The molecule has 1 aliphatic heterocycles. The molecule has 0 amide bonds. The monoisotopic (exact) mass is 353 g/mol. The molecule has 1 N–H and O–H groups in total. The van der Waals surface area contributed by atoms with Crippen molar-refractivity contribution in [1.82, 2.24) is 4.57 Å². The number of morpholine rings is 1. The zero-order valence-electron chi connectivity index (χ0n) is 15.6. The van der Waals surface area contributed by atoms with Crippen molar-refractivity contribution in [3.63, 3.8) is 0 Å². The third-order valence-corrected chi connectivity index (χ3v) is 5.39. The number of para-hydroxylation sites is 2. The number of benzene rings is 1. The Bertz CT molecular complexity index is 802. The van der Waals surface area contributed by atoms with E-state index >= 15 is 0 Å². The van der Waals surface area contributed by atoms with Crippen molar-refractivity contribution in [3.8, 4) is 0 Å². The molecule has 0 radical (unpaired) electrons. The molecular formula is C21H27N3O2. The molecule has 5 heteroatoms. The highest BCUT2D eigenvalue weighted by Crippen LogP contribution is 2.38. The molecule has 1 aliphatic carbocycles. The lowest BCUT2D eigenvalue weighted by Crippen LogP contribution is -2.36. The smallest absolute Gasteiger partial charge is 0.183 e. The minimum Gasteiger partial charge on any atom is -0.378 e. The van der Waals surface area contributed by atoms with Crippen LogP contribution in [0, 0.1) is 13.8 Å². The number of hydrogen-bond acceptors (Lipinski definition) is 4. The van der Waals surface area contributed by atoms with Crippen molar-refractivity contribution in [2.24, 2.45) is 0 Å². The topological polar surface area (TPSA) is 46.5 Å². The lowest BCUT2D eigenvalue weighted by atomic mass is 10.1. The van der Waals surface area contributed by atoms with Crippen LogP contribution in [0.1, 0.15) is 40.6 Å².